The first kappa shape index (κ1) is 26.9. The Hall–Kier alpha value is -4.16. The van der Waals surface area contributed by atoms with Crippen molar-refractivity contribution in [2.24, 2.45) is 0 Å². The summed E-state index contributed by atoms with van der Waals surface area (Å²) in [6.45, 7) is -0.678. The van der Waals surface area contributed by atoms with E-state index in [0.717, 1.165) is 11.0 Å². The summed E-state index contributed by atoms with van der Waals surface area (Å²) in [4.78, 5) is 50.3. The van der Waals surface area contributed by atoms with E-state index < -0.39 is 36.2 Å². The van der Waals surface area contributed by atoms with Gasteiger partial charge in [-0.1, -0.05) is 17.7 Å². The Labute approximate surface area is 228 Å². The molecular weight excluding hydrogens is 589 g/mol. The molecule has 0 bridgehead atoms. The summed E-state index contributed by atoms with van der Waals surface area (Å²) in [6.07, 6.45) is 1.35. The maximum atomic E-state index is 13.4. The van der Waals surface area contributed by atoms with E-state index in [1.165, 1.54) is 55.7 Å². The van der Waals surface area contributed by atoms with Crippen LogP contribution in [0.25, 0.3) is 6.08 Å². The first-order chi connectivity index (χ1) is 18.1. The second kappa shape index (κ2) is 11.5. The normalized spacial score (nSPS) is 14.0. The minimum Gasteiger partial charge on any atom is -0.482 e. The average Bonchev–Trinajstić information content (AvgIpc) is 3.43. The van der Waals surface area contributed by atoms with E-state index in [-0.39, 0.29) is 35.2 Å². The fourth-order valence-corrected chi connectivity index (χ4v) is 4.39. The number of nitrogens with one attached hydrogen (secondary N) is 2. The Kier molecular flexibility index (Phi) is 8.13. The first-order valence-corrected chi connectivity index (χ1v) is 12.0. The van der Waals surface area contributed by atoms with E-state index >= 15 is 0 Å². The predicted octanol–water partition coefficient (Wildman–Crippen LogP) is 4.73. The van der Waals surface area contributed by atoms with Gasteiger partial charge >= 0.3 is 12.0 Å². The molecule has 2 N–H and O–H groups in total. The van der Waals surface area contributed by atoms with Crippen LogP contribution in [-0.4, -0.2) is 42.4 Å². The monoisotopic (exact) mass is 605 g/mol. The molecule has 2 heterocycles. The Balaban J connectivity index is 1.50. The third kappa shape index (κ3) is 6.21. The van der Waals surface area contributed by atoms with Gasteiger partial charge in [0, 0.05) is 16.3 Å². The number of furan rings is 1. The first-order valence-electron chi connectivity index (χ1n) is 10.8. The number of methoxy groups -OCH3 is 1. The van der Waals surface area contributed by atoms with Crippen molar-refractivity contribution >= 4 is 63.1 Å². The van der Waals surface area contributed by atoms with Gasteiger partial charge in [-0.15, -0.1) is 0 Å². The number of amides is 4. The smallest absolute Gasteiger partial charge is 0.373 e. The summed E-state index contributed by atoms with van der Waals surface area (Å²) in [7, 11) is 1.20. The molecule has 13 heteroatoms. The van der Waals surface area contributed by atoms with E-state index in [4.69, 9.17) is 20.8 Å². The quantitative estimate of drug-likeness (QED) is 0.216. The number of rotatable bonds is 8. The van der Waals surface area contributed by atoms with Crippen molar-refractivity contribution in [2.75, 3.05) is 19.0 Å². The molecule has 1 saturated heterocycles. The summed E-state index contributed by atoms with van der Waals surface area (Å²) in [5, 5.41) is 5.27. The molecule has 4 amide bonds. The molecule has 3 aromatic rings. The fourth-order valence-electron chi connectivity index (χ4n) is 3.44. The number of carbonyl (C=O) groups excluding carboxylic acids is 4. The maximum absolute atomic E-state index is 13.4. The standard InChI is InChI=1S/C25H18BrClFN3O7/c1-36-24(34)20-6-5-17(38-20)11-31-23(33)19(30-25(31)35)8-13-7-14(27)9-18(26)22(13)37-12-21(32)29-16-4-2-3-15(28)10-16/h2-10H,11-12H2,1H3,(H,29,32)(H,30,35)/b19-8-. The van der Waals surface area contributed by atoms with Crippen LogP contribution in [0, 0.1) is 5.82 Å². The van der Waals surface area contributed by atoms with Crippen LogP contribution >= 0.6 is 27.5 Å². The highest BCUT2D eigenvalue weighted by molar-refractivity contribution is 9.10. The van der Waals surface area contributed by atoms with Gasteiger partial charge in [-0.25, -0.2) is 14.0 Å². The number of ether oxygens (including phenoxy) is 2. The molecule has 1 aliphatic heterocycles. The molecule has 10 nitrogen and oxygen atoms in total. The van der Waals surface area contributed by atoms with Crippen LogP contribution < -0.4 is 15.4 Å². The molecule has 1 aliphatic rings. The molecule has 0 atom stereocenters. The maximum Gasteiger partial charge on any atom is 0.373 e. The minimum absolute atomic E-state index is 0.0719. The number of nitrogens with zero attached hydrogens (tertiary/aromatic N) is 1. The number of benzene rings is 2. The third-order valence-corrected chi connectivity index (χ3v) is 5.92. The van der Waals surface area contributed by atoms with Gasteiger partial charge < -0.3 is 24.5 Å². The van der Waals surface area contributed by atoms with Gasteiger partial charge in [0.2, 0.25) is 5.76 Å². The zero-order chi connectivity index (χ0) is 27.4. The molecule has 196 valence electrons. The molecule has 0 spiro atoms. The highest BCUT2D eigenvalue weighted by Gasteiger charge is 2.34. The van der Waals surface area contributed by atoms with E-state index in [0.29, 0.717) is 15.1 Å². The van der Waals surface area contributed by atoms with Crippen molar-refractivity contribution in [3.63, 3.8) is 0 Å². The van der Waals surface area contributed by atoms with Crippen molar-refractivity contribution in [2.45, 2.75) is 6.54 Å². The van der Waals surface area contributed by atoms with E-state index in [9.17, 15) is 23.6 Å². The van der Waals surface area contributed by atoms with Crippen LogP contribution in [0.2, 0.25) is 5.02 Å². The van der Waals surface area contributed by atoms with Crippen LogP contribution in [0.4, 0.5) is 14.9 Å². The molecule has 4 rings (SSSR count). The molecule has 0 radical (unpaired) electrons. The number of hydrogen-bond acceptors (Lipinski definition) is 7. The molecule has 2 aromatic carbocycles. The highest BCUT2D eigenvalue weighted by atomic mass is 79.9. The summed E-state index contributed by atoms with van der Waals surface area (Å²) in [5.74, 6) is -2.14. The van der Waals surface area contributed by atoms with Crippen molar-refractivity contribution in [1.29, 1.82) is 0 Å². The van der Waals surface area contributed by atoms with Crippen molar-refractivity contribution in [3.8, 4) is 5.75 Å². The molecule has 38 heavy (non-hydrogen) atoms. The van der Waals surface area contributed by atoms with Gasteiger partial charge in [-0.2, -0.15) is 0 Å². The van der Waals surface area contributed by atoms with Gasteiger partial charge in [-0.05, 0) is 64.5 Å². The second-order valence-electron chi connectivity index (χ2n) is 7.79. The highest BCUT2D eigenvalue weighted by Crippen LogP contribution is 2.35. The average molecular weight is 607 g/mol. The van der Waals surface area contributed by atoms with Crippen molar-refractivity contribution in [1.82, 2.24) is 10.2 Å². The number of halogens is 3. The van der Waals surface area contributed by atoms with Crippen LogP contribution in [0.5, 0.6) is 5.75 Å². The lowest BCUT2D eigenvalue weighted by Gasteiger charge is -2.13. The van der Waals surface area contributed by atoms with Crippen LogP contribution in [0.3, 0.4) is 0 Å². The summed E-state index contributed by atoms with van der Waals surface area (Å²) >= 11 is 9.49. The van der Waals surface area contributed by atoms with Gasteiger partial charge in [0.05, 0.1) is 18.1 Å². The van der Waals surface area contributed by atoms with Gasteiger partial charge in [0.25, 0.3) is 11.8 Å². The van der Waals surface area contributed by atoms with Crippen LogP contribution in [0.15, 0.2) is 63.1 Å². The topological polar surface area (TPSA) is 127 Å². The predicted molar refractivity (Wildman–Crippen MR) is 137 cm³/mol. The Morgan fingerprint density at radius 1 is 1.21 bits per heavy atom. The van der Waals surface area contributed by atoms with Gasteiger partial charge in [0.15, 0.2) is 6.61 Å². The summed E-state index contributed by atoms with van der Waals surface area (Å²) in [5.41, 5.74) is 0.461. The number of anilines is 1. The molecule has 0 unspecified atom stereocenters. The zero-order valence-electron chi connectivity index (χ0n) is 19.5. The van der Waals surface area contributed by atoms with E-state index in [1.807, 2.05) is 0 Å². The van der Waals surface area contributed by atoms with Crippen LogP contribution in [0.1, 0.15) is 21.9 Å². The Morgan fingerprint density at radius 2 is 2.00 bits per heavy atom. The second-order valence-corrected chi connectivity index (χ2v) is 9.08. The van der Waals surface area contributed by atoms with Gasteiger partial charge in [0.1, 0.15) is 23.0 Å². The van der Waals surface area contributed by atoms with E-state index in [1.54, 1.807) is 0 Å². The van der Waals surface area contributed by atoms with Gasteiger partial charge in [-0.3, -0.25) is 14.5 Å². The largest absolute Gasteiger partial charge is 0.482 e. The summed E-state index contributed by atoms with van der Waals surface area (Å²) < 4.78 is 29.3. The molecule has 0 aliphatic carbocycles. The number of esters is 1. The molecule has 1 fully saturated rings. The zero-order valence-corrected chi connectivity index (χ0v) is 21.9. The number of imide groups is 1. The lowest BCUT2D eigenvalue weighted by Crippen LogP contribution is -2.30. The lowest BCUT2D eigenvalue weighted by atomic mass is 10.1. The third-order valence-electron chi connectivity index (χ3n) is 5.12. The molecule has 1 aromatic heterocycles. The van der Waals surface area contributed by atoms with Crippen molar-refractivity contribution in [3.05, 3.63) is 86.6 Å². The van der Waals surface area contributed by atoms with Crippen molar-refractivity contribution < 1.29 is 37.5 Å². The number of carbonyl (C=O) groups is 4. The summed E-state index contributed by atoms with van der Waals surface area (Å²) in [6, 6.07) is 10.5. The number of urea groups is 1. The van der Waals surface area contributed by atoms with E-state index in [2.05, 4.69) is 31.3 Å². The fraction of sp³-hybridized carbons (Fsp3) is 0.120. The number of hydrogen-bond donors (Lipinski definition) is 2. The SMILES string of the molecule is COC(=O)c1ccc(CN2C(=O)N/C(=C\c3cc(Cl)cc(Br)c3OCC(=O)Nc3cccc(F)c3)C2=O)o1. The molecule has 0 saturated carbocycles. The minimum atomic E-state index is -0.713. The Bertz CT molecular complexity index is 1470. The lowest BCUT2D eigenvalue weighted by molar-refractivity contribution is -0.123. The Morgan fingerprint density at radius 3 is 2.74 bits per heavy atom. The van der Waals surface area contributed by atoms with Crippen LogP contribution in [-0.2, 0) is 20.9 Å². The molecular formula is C25H18BrClFN3O7.